The van der Waals surface area contributed by atoms with Gasteiger partial charge in [-0.05, 0) is 71.1 Å². The van der Waals surface area contributed by atoms with Crippen LogP contribution in [0.25, 0.3) is 0 Å². The zero-order valence-electron chi connectivity index (χ0n) is 25.8. The van der Waals surface area contributed by atoms with Gasteiger partial charge in [-0.3, -0.25) is 24.0 Å². The summed E-state index contributed by atoms with van der Waals surface area (Å²) in [6.07, 6.45) is 10.7. The van der Waals surface area contributed by atoms with Crippen molar-refractivity contribution < 1.29 is 24.0 Å². The van der Waals surface area contributed by atoms with Gasteiger partial charge in [-0.2, -0.15) is 0 Å². The molecule has 10 heteroatoms. The van der Waals surface area contributed by atoms with Gasteiger partial charge >= 0.3 is 0 Å². The van der Waals surface area contributed by atoms with E-state index >= 15 is 0 Å². The SMILES string of the molecule is CCC(CC(CC(CC(CC(C)N1CCCC1=O)N1CCCC1=O)N1CCCC1=O)N1CCCC1=O)N1CCCC1=O. The van der Waals surface area contributed by atoms with Crippen molar-refractivity contribution in [2.24, 2.45) is 0 Å². The van der Waals surface area contributed by atoms with Crippen molar-refractivity contribution in [3.05, 3.63) is 0 Å². The number of carbonyl (C=O) groups is 5. The van der Waals surface area contributed by atoms with Gasteiger partial charge in [-0.25, -0.2) is 0 Å². The second kappa shape index (κ2) is 13.8. The summed E-state index contributed by atoms with van der Waals surface area (Å²) in [5.74, 6) is 0.882. The summed E-state index contributed by atoms with van der Waals surface area (Å²) in [4.78, 5) is 74.7. The Morgan fingerprint density at radius 2 is 0.738 bits per heavy atom. The van der Waals surface area contributed by atoms with Gasteiger partial charge in [0, 0.05) is 95.0 Å². The van der Waals surface area contributed by atoms with Crippen LogP contribution in [0.5, 0.6) is 0 Å². The quantitative estimate of drug-likeness (QED) is 0.312. The number of rotatable bonds is 14. The number of hydrogen-bond acceptors (Lipinski definition) is 5. The lowest BCUT2D eigenvalue weighted by atomic mass is 9.90. The Balaban J connectivity index is 1.40. The molecule has 5 fully saturated rings. The molecule has 0 spiro atoms. The van der Waals surface area contributed by atoms with Crippen LogP contribution in [0.4, 0.5) is 0 Å². The molecule has 0 aliphatic carbocycles. The van der Waals surface area contributed by atoms with Crippen LogP contribution < -0.4 is 0 Å². The van der Waals surface area contributed by atoms with E-state index in [0.717, 1.165) is 64.6 Å². The Morgan fingerprint density at radius 1 is 0.452 bits per heavy atom. The van der Waals surface area contributed by atoms with Gasteiger partial charge in [0.25, 0.3) is 0 Å². The summed E-state index contributed by atoms with van der Waals surface area (Å²) >= 11 is 0. The number of amides is 5. The molecule has 10 nitrogen and oxygen atoms in total. The Kier molecular flexibility index (Phi) is 10.1. The van der Waals surface area contributed by atoms with Crippen LogP contribution in [-0.4, -0.2) is 117 Å². The van der Waals surface area contributed by atoms with Crippen molar-refractivity contribution in [3.8, 4) is 0 Å². The minimum Gasteiger partial charge on any atom is -0.340 e. The van der Waals surface area contributed by atoms with Crippen molar-refractivity contribution in [1.82, 2.24) is 24.5 Å². The van der Waals surface area contributed by atoms with Crippen molar-refractivity contribution in [1.29, 1.82) is 0 Å². The lowest BCUT2D eigenvalue weighted by molar-refractivity contribution is -0.132. The van der Waals surface area contributed by atoms with E-state index in [4.69, 9.17) is 0 Å². The Hall–Kier alpha value is -2.65. The van der Waals surface area contributed by atoms with Crippen molar-refractivity contribution in [2.75, 3.05) is 32.7 Å². The molecule has 5 rings (SSSR count). The molecule has 0 N–H and O–H groups in total. The maximum absolute atomic E-state index is 13.2. The van der Waals surface area contributed by atoms with Crippen LogP contribution >= 0.6 is 0 Å². The van der Waals surface area contributed by atoms with Gasteiger partial charge in [0.05, 0.1) is 0 Å². The summed E-state index contributed by atoms with van der Waals surface area (Å²) in [6, 6.07) is -0.145. The van der Waals surface area contributed by atoms with Gasteiger partial charge in [0.1, 0.15) is 0 Å². The predicted molar refractivity (Wildman–Crippen MR) is 158 cm³/mol. The molecule has 5 aliphatic rings. The van der Waals surface area contributed by atoms with E-state index in [1.807, 2.05) is 24.5 Å². The molecular weight excluding hydrogens is 534 g/mol. The van der Waals surface area contributed by atoms with E-state index < -0.39 is 0 Å². The first-order valence-electron chi connectivity index (χ1n) is 16.7. The third-order valence-electron chi connectivity index (χ3n) is 10.6. The molecule has 0 saturated carbocycles. The summed E-state index contributed by atoms with van der Waals surface area (Å²) < 4.78 is 0. The fourth-order valence-corrected chi connectivity index (χ4v) is 8.39. The molecule has 5 aliphatic heterocycles. The van der Waals surface area contributed by atoms with Gasteiger partial charge in [0.15, 0.2) is 0 Å². The van der Waals surface area contributed by atoms with E-state index in [1.54, 1.807) is 0 Å². The van der Waals surface area contributed by atoms with Crippen molar-refractivity contribution in [2.45, 2.75) is 140 Å². The third-order valence-corrected chi connectivity index (χ3v) is 10.6. The van der Waals surface area contributed by atoms with Crippen LogP contribution in [0.15, 0.2) is 0 Å². The first-order chi connectivity index (χ1) is 20.3. The Bertz CT molecular complexity index is 1030. The van der Waals surface area contributed by atoms with E-state index in [0.29, 0.717) is 64.5 Å². The van der Waals surface area contributed by atoms with Crippen LogP contribution in [0, 0.1) is 0 Å². The maximum Gasteiger partial charge on any atom is 0.222 e. The van der Waals surface area contributed by atoms with Gasteiger partial charge in [0.2, 0.25) is 29.5 Å². The zero-order chi connectivity index (χ0) is 29.8. The Labute approximate surface area is 251 Å². The van der Waals surface area contributed by atoms with Gasteiger partial charge in [-0.15, -0.1) is 0 Å². The molecule has 5 atom stereocenters. The van der Waals surface area contributed by atoms with E-state index in [9.17, 15) is 24.0 Å². The minimum atomic E-state index is -0.106. The highest BCUT2D eigenvalue weighted by molar-refractivity contribution is 5.80. The molecule has 5 heterocycles. The molecule has 0 aromatic rings. The Morgan fingerprint density at radius 3 is 1.05 bits per heavy atom. The number of nitrogens with zero attached hydrogens (tertiary/aromatic N) is 5. The standard InChI is InChI=1S/C32H51N5O5/c1-3-24(34-15-5-10-29(34)39)20-26(36-17-7-12-31(36)41)22-27(37-18-8-13-32(37)42)21-25(35-16-6-11-30(35)40)19-23(2)33-14-4-9-28(33)38/h23-27H,3-22H2,1-2H3. The predicted octanol–water partition coefficient (Wildman–Crippen LogP) is 2.93. The summed E-state index contributed by atoms with van der Waals surface area (Å²) in [7, 11) is 0. The van der Waals surface area contributed by atoms with Crippen LogP contribution in [0.1, 0.15) is 110 Å². The lowest BCUT2D eigenvalue weighted by Crippen LogP contribution is -2.51. The average Bonchev–Trinajstić information content (AvgIpc) is 3.80. The maximum atomic E-state index is 13.2. The van der Waals surface area contributed by atoms with Crippen LogP contribution in [0.2, 0.25) is 0 Å². The third kappa shape index (κ3) is 6.77. The molecule has 0 aromatic carbocycles. The smallest absolute Gasteiger partial charge is 0.222 e. The molecular formula is C32H51N5O5. The first-order valence-corrected chi connectivity index (χ1v) is 16.7. The van der Waals surface area contributed by atoms with E-state index in [2.05, 4.69) is 13.8 Å². The highest BCUT2D eigenvalue weighted by Crippen LogP contribution is 2.32. The van der Waals surface area contributed by atoms with Crippen molar-refractivity contribution >= 4 is 29.5 Å². The topological polar surface area (TPSA) is 102 Å². The fourth-order valence-electron chi connectivity index (χ4n) is 8.39. The van der Waals surface area contributed by atoms with Gasteiger partial charge in [-0.1, -0.05) is 6.92 Å². The number of likely N-dealkylation sites (tertiary alicyclic amines) is 5. The monoisotopic (exact) mass is 585 g/mol. The average molecular weight is 586 g/mol. The molecule has 0 aromatic heterocycles. The molecule has 42 heavy (non-hydrogen) atoms. The van der Waals surface area contributed by atoms with Crippen LogP contribution in [0.3, 0.4) is 0 Å². The highest BCUT2D eigenvalue weighted by Gasteiger charge is 2.41. The summed E-state index contributed by atoms with van der Waals surface area (Å²) in [5, 5.41) is 0. The van der Waals surface area contributed by atoms with Crippen molar-refractivity contribution in [3.63, 3.8) is 0 Å². The highest BCUT2D eigenvalue weighted by atomic mass is 16.2. The molecule has 5 saturated heterocycles. The zero-order valence-corrected chi connectivity index (χ0v) is 25.8. The molecule has 234 valence electrons. The first kappa shape index (κ1) is 30.8. The number of carbonyl (C=O) groups excluding carboxylic acids is 5. The summed E-state index contributed by atoms with van der Waals surface area (Å²) in [5.41, 5.74) is 0. The largest absolute Gasteiger partial charge is 0.340 e. The van der Waals surface area contributed by atoms with E-state index in [-0.39, 0.29) is 59.7 Å². The molecule has 0 bridgehead atoms. The summed E-state index contributed by atoms with van der Waals surface area (Å²) in [6.45, 7) is 7.89. The fraction of sp³-hybridized carbons (Fsp3) is 0.844. The second-order valence-corrected chi connectivity index (χ2v) is 13.3. The normalized spacial score (nSPS) is 25.4. The van der Waals surface area contributed by atoms with Crippen LogP contribution in [-0.2, 0) is 24.0 Å². The lowest BCUT2D eigenvalue weighted by Gasteiger charge is -2.41. The second-order valence-electron chi connectivity index (χ2n) is 13.3. The molecule has 5 unspecified atom stereocenters. The number of hydrogen-bond donors (Lipinski definition) is 0. The van der Waals surface area contributed by atoms with Gasteiger partial charge < -0.3 is 24.5 Å². The molecule has 5 amide bonds. The molecule has 0 radical (unpaired) electrons. The van der Waals surface area contributed by atoms with E-state index in [1.165, 1.54) is 0 Å². The minimum absolute atomic E-state index is 0.0231.